The van der Waals surface area contributed by atoms with E-state index in [0.717, 1.165) is 18.4 Å². The van der Waals surface area contributed by atoms with Crippen LogP contribution in [0.15, 0.2) is 53.4 Å². The van der Waals surface area contributed by atoms with Crippen LogP contribution in [0, 0.1) is 0 Å². The molecule has 1 fully saturated rings. The number of methoxy groups -OCH3 is 2. The van der Waals surface area contributed by atoms with Gasteiger partial charge in [0.1, 0.15) is 11.9 Å². The third kappa shape index (κ3) is 7.50. The second-order valence-electron chi connectivity index (χ2n) is 9.89. The first-order chi connectivity index (χ1) is 19.8. The van der Waals surface area contributed by atoms with E-state index in [1.54, 1.807) is 44.6 Å². The molecule has 1 amide bonds. The van der Waals surface area contributed by atoms with Crippen LogP contribution in [0.3, 0.4) is 0 Å². The summed E-state index contributed by atoms with van der Waals surface area (Å²) in [7, 11) is 5.11. The molecule has 0 unspecified atom stereocenters. The van der Waals surface area contributed by atoms with Gasteiger partial charge >= 0.3 is 5.97 Å². The average Bonchev–Trinajstić information content (AvgIpc) is 3.72. The summed E-state index contributed by atoms with van der Waals surface area (Å²) in [5.74, 6) is -0.212. The minimum absolute atomic E-state index is 0.148. The van der Waals surface area contributed by atoms with Crippen molar-refractivity contribution >= 4 is 57.9 Å². The highest BCUT2D eigenvalue weighted by atomic mass is 35.5. The van der Waals surface area contributed by atoms with Crippen molar-refractivity contribution in [3.63, 3.8) is 0 Å². The van der Waals surface area contributed by atoms with E-state index in [-0.39, 0.29) is 18.1 Å². The fraction of sp³-hybridized carbons (Fsp3) is 0.400. The predicted molar refractivity (Wildman–Crippen MR) is 164 cm³/mol. The molecular formula is C30H35ClN2O6S2. The quantitative estimate of drug-likeness (QED) is 0.186. The molecule has 1 aliphatic rings. The Bertz CT molecular complexity index is 1290. The van der Waals surface area contributed by atoms with Gasteiger partial charge in [0.25, 0.3) is 0 Å². The molecule has 1 aromatic carbocycles. The standard InChI is InChI=1S/C30H35ClN2O6S2/c1-33(14-12-28(34)32-24-19-25(38-3)20(13-15-37-2)18-23(24)31)21-8-10-22(11-9-21)39-29(35)30(36,26-6-4-16-40-26)27-7-5-17-41-27/h4-7,13,15-19,21-22,36H,8-12,14H2,1-3H3,(H,32,34). The third-order valence-electron chi connectivity index (χ3n) is 7.26. The molecule has 1 aliphatic carbocycles. The van der Waals surface area contributed by atoms with Crippen molar-refractivity contribution in [2.75, 3.05) is 33.1 Å². The fourth-order valence-corrected chi connectivity index (χ4v) is 6.85. The number of carbonyl (C=O) groups excluding carboxylic acids is 2. The van der Waals surface area contributed by atoms with Gasteiger partial charge < -0.3 is 29.5 Å². The van der Waals surface area contributed by atoms with Crippen LogP contribution < -0.4 is 10.1 Å². The Labute approximate surface area is 253 Å². The molecule has 0 atom stereocenters. The molecule has 2 aromatic heterocycles. The van der Waals surface area contributed by atoms with Gasteiger partial charge in [-0.1, -0.05) is 23.7 Å². The van der Waals surface area contributed by atoms with E-state index in [4.69, 9.17) is 25.8 Å². The number of nitrogens with one attached hydrogen (secondary N) is 1. The number of hydrogen-bond donors (Lipinski definition) is 2. The van der Waals surface area contributed by atoms with Crippen LogP contribution in [0.2, 0.25) is 5.02 Å². The molecule has 2 heterocycles. The fourth-order valence-electron chi connectivity index (χ4n) is 4.92. The number of nitrogens with zero attached hydrogens (tertiary/aromatic N) is 1. The van der Waals surface area contributed by atoms with Gasteiger partial charge in [-0.15, -0.1) is 22.7 Å². The van der Waals surface area contributed by atoms with Crippen LogP contribution >= 0.6 is 34.3 Å². The minimum Gasteiger partial charge on any atom is -0.504 e. The van der Waals surface area contributed by atoms with Gasteiger partial charge in [-0.05, 0) is 67.8 Å². The first-order valence-electron chi connectivity index (χ1n) is 13.3. The summed E-state index contributed by atoms with van der Waals surface area (Å²) < 4.78 is 16.2. The van der Waals surface area contributed by atoms with Gasteiger partial charge in [-0.25, -0.2) is 4.79 Å². The second kappa shape index (κ2) is 14.3. The van der Waals surface area contributed by atoms with Crippen LogP contribution in [0.5, 0.6) is 5.75 Å². The average molecular weight is 619 g/mol. The van der Waals surface area contributed by atoms with Crippen molar-refractivity contribution in [2.24, 2.45) is 0 Å². The van der Waals surface area contributed by atoms with E-state index in [1.165, 1.54) is 28.9 Å². The molecule has 2 N–H and O–H groups in total. The smallest absolute Gasteiger partial charge is 0.349 e. The number of benzene rings is 1. The Morgan fingerprint density at radius 2 is 1.78 bits per heavy atom. The Kier molecular flexibility index (Phi) is 10.9. The molecular weight excluding hydrogens is 584 g/mol. The molecule has 220 valence electrons. The maximum absolute atomic E-state index is 13.3. The zero-order valence-electron chi connectivity index (χ0n) is 23.3. The number of carbonyl (C=O) groups is 2. The van der Waals surface area contributed by atoms with Crippen molar-refractivity contribution in [3.05, 3.63) is 73.8 Å². The number of ether oxygens (including phenoxy) is 3. The molecule has 0 saturated heterocycles. The van der Waals surface area contributed by atoms with Gasteiger partial charge in [0.2, 0.25) is 11.5 Å². The molecule has 3 aromatic rings. The topological polar surface area (TPSA) is 97.3 Å². The third-order valence-corrected chi connectivity index (χ3v) is 9.53. The lowest BCUT2D eigenvalue weighted by molar-refractivity contribution is -0.169. The Balaban J connectivity index is 1.26. The summed E-state index contributed by atoms with van der Waals surface area (Å²) in [6, 6.07) is 10.8. The van der Waals surface area contributed by atoms with Crippen LogP contribution in [0.1, 0.15) is 47.4 Å². The normalized spacial score (nSPS) is 17.5. The Morgan fingerprint density at radius 1 is 1.12 bits per heavy atom. The molecule has 41 heavy (non-hydrogen) atoms. The van der Waals surface area contributed by atoms with E-state index < -0.39 is 11.6 Å². The number of halogens is 1. The van der Waals surface area contributed by atoms with E-state index >= 15 is 0 Å². The Hall–Kier alpha value is -2.89. The van der Waals surface area contributed by atoms with Crippen molar-refractivity contribution in [1.82, 2.24) is 4.90 Å². The number of amides is 1. The van der Waals surface area contributed by atoms with Crippen LogP contribution in [0.4, 0.5) is 5.69 Å². The maximum atomic E-state index is 13.3. The Morgan fingerprint density at radius 3 is 2.34 bits per heavy atom. The number of esters is 1. The largest absolute Gasteiger partial charge is 0.504 e. The van der Waals surface area contributed by atoms with Crippen LogP contribution in [-0.4, -0.2) is 61.8 Å². The van der Waals surface area contributed by atoms with E-state index in [1.807, 2.05) is 29.9 Å². The number of thiophene rings is 2. The highest BCUT2D eigenvalue weighted by Crippen LogP contribution is 2.38. The van der Waals surface area contributed by atoms with Gasteiger partial charge in [0, 0.05) is 30.6 Å². The summed E-state index contributed by atoms with van der Waals surface area (Å²) in [6.45, 7) is 0.570. The van der Waals surface area contributed by atoms with Crippen molar-refractivity contribution in [3.8, 4) is 5.75 Å². The monoisotopic (exact) mass is 618 g/mol. The number of rotatable bonds is 12. The zero-order valence-corrected chi connectivity index (χ0v) is 25.7. The molecule has 0 aliphatic heterocycles. The summed E-state index contributed by atoms with van der Waals surface area (Å²) in [5, 5.41) is 18.4. The van der Waals surface area contributed by atoms with E-state index in [2.05, 4.69) is 10.2 Å². The second-order valence-corrected chi connectivity index (χ2v) is 12.2. The molecule has 0 spiro atoms. The molecule has 1 saturated carbocycles. The number of hydrogen-bond acceptors (Lipinski definition) is 9. The first-order valence-corrected chi connectivity index (χ1v) is 15.5. The minimum atomic E-state index is -1.79. The molecule has 0 bridgehead atoms. The first kappa shape index (κ1) is 31.1. The van der Waals surface area contributed by atoms with Crippen LogP contribution in [0.25, 0.3) is 6.08 Å². The summed E-state index contributed by atoms with van der Waals surface area (Å²) >= 11 is 9.06. The summed E-state index contributed by atoms with van der Waals surface area (Å²) in [4.78, 5) is 29.3. The summed E-state index contributed by atoms with van der Waals surface area (Å²) in [5.41, 5.74) is -0.573. The number of aliphatic hydroxyl groups is 1. The zero-order chi connectivity index (χ0) is 29.4. The van der Waals surface area contributed by atoms with Crippen LogP contribution in [-0.2, 0) is 24.7 Å². The number of anilines is 1. The van der Waals surface area contributed by atoms with Gasteiger partial charge in [-0.2, -0.15) is 0 Å². The van der Waals surface area contributed by atoms with Crippen molar-refractivity contribution in [2.45, 2.75) is 49.9 Å². The summed E-state index contributed by atoms with van der Waals surface area (Å²) in [6.07, 6.45) is 6.32. The maximum Gasteiger partial charge on any atom is 0.349 e. The lowest BCUT2D eigenvalue weighted by Crippen LogP contribution is -2.42. The SMILES string of the molecule is COC=Cc1cc(Cl)c(NC(=O)CCN(C)C2CCC(OC(=O)C(O)(c3cccs3)c3cccs3)CC2)cc1OC. The van der Waals surface area contributed by atoms with Gasteiger partial charge in [-0.3, -0.25) is 4.79 Å². The predicted octanol–water partition coefficient (Wildman–Crippen LogP) is 6.14. The van der Waals surface area contributed by atoms with Gasteiger partial charge in [0.05, 0.1) is 40.9 Å². The van der Waals surface area contributed by atoms with Crippen molar-refractivity contribution in [1.29, 1.82) is 0 Å². The van der Waals surface area contributed by atoms with E-state index in [9.17, 15) is 14.7 Å². The molecule has 8 nitrogen and oxygen atoms in total. The van der Waals surface area contributed by atoms with E-state index in [0.29, 0.717) is 52.0 Å². The lowest BCUT2D eigenvalue weighted by Gasteiger charge is -2.35. The highest BCUT2D eigenvalue weighted by molar-refractivity contribution is 7.12. The highest BCUT2D eigenvalue weighted by Gasteiger charge is 2.45. The molecule has 0 radical (unpaired) electrons. The lowest BCUT2D eigenvalue weighted by atomic mass is 9.91. The van der Waals surface area contributed by atoms with Gasteiger partial charge in [0.15, 0.2) is 0 Å². The molecule has 4 rings (SSSR count). The van der Waals surface area contributed by atoms with Crippen molar-refractivity contribution < 1.29 is 28.9 Å². The molecule has 11 heteroatoms.